The Bertz CT molecular complexity index is 738. The number of anilines is 2. The van der Waals surface area contributed by atoms with Gasteiger partial charge in [0.05, 0.1) is 28.5 Å². The number of carbonyl (C=O) groups is 1. The van der Waals surface area contributed by atoms with E-state index >= 15 is 0 Å². The number of nitrogen functional groups attached to an aromatic ring is 1. The van der Waals surface area contributed by atoms with Gasteiger partial charge in [-0.25, -0.2) is 0 Å². The zero-order chi connectivity index (χ0) is 17.2. The number of fused-ring (bicyclic) bond motifs is 1. The zero-order valence-electron chi connectivity index (χ0n) is 14.1. The van der Waals surface area contributed by atoms with Crippen LogP contribution in [0.1, 0.15) is 45.4 Å². The largest absolute Gasteiger partial charge is 0.481 e. The van der Waals surface area contributed by atoms with Crippen molar-refractivity contribution in [3.8, 4) is 0 Å². The van der Waals surface area contributed by atoms with Crippen molar-refractivity contribution in [3.63, 3.8) is 0 Å². The van der Waals surface area contributed by atoms with E-state index in [2.05, 4.69) is 10.3 Å². The van der Waals surface area contributed by atoms with E-state index in [0.717, 1.165) is 55.1 Å². The van der Waals surface area contributed by atoms with E-state index < -0.39 is 11.4 Å². The molecule has 0 bridgehead atoms. The third-order valence-corrected chi connectivity index (χ3v) is 5.37. The number of aromatic nitrogens is 1. The van der Waals surface area contributed by atoms with Crippen molar-refractivity contribution >= 4 is 28.2 Å². The lowest BCUT2D eigenvalue weighted by atomic mass is 9.68. The average molecular weight is 327 g/mol. The number of hydrogen-bond donors (Lipinski definition) is 3. The molecule has 1 saturated carbocycles. The summed E-state index contributed by atoms with van der Waals surface area (Å²) in [6.07, 6.45) is 6.88. The van der Waals surface area contributed by atoms with Crippen molar-refractivity contribution in [1.29, 1.82) is 0 Å². The number of carboxylic acids is 1. The van der Waals surface area contributed by atoms with E-state index in [1.54, 1.807) is 6.20 Å². The minimum Gasteiger partial charge on any atom is -0.481 e. The molecule has 0 spiro atoms. The van der Waals surface area contributed by atoms with E-state index in [4.69, 9.17) is 5.73 Å². The van der Waals surface area contributed by atoms with Crippen LogP contribution in [0.15, 0.2) is 30.5 Å². The lowest BCUT2D eigenvalue weighted by molar-refractivity contribution is -0.152. The second-order valence-corrected chi connectivity index (χ2v) is 6.73. The third kappa shape index (κ3) is 2.79. The van der Waals surface area contributed by atoms with Crippen LogP contribution in [-0.4, -0.2) is 22.1 Å². The zero-order valence-corrected chi connectivity index (χ0v) is 14.1. The molecule has 1 aliphatic carbocycles. The summed E-state index contributed by atoms with van der Waals surface area (Å²) in [5, 5.41) is 14.4. The fraction of sp³-hybridized carbons (Fsp3) is 0.474. The molecule has 1 atom stereocenters. The molecule has 5 heteroatoms. The summed E-state index contributed by atoms with van der Waals surface area (Å²) in [5.74, 6) is -0.696. The van der Waals surface area contributed by atoms with Gasteiger partial charge in [-0.2, -0.15) is 0 Å². The van der Waals surface area contributed by atoms with Gasteiger partial charge in [0.15, 0.2) is 0 Å². The van der Waals surface area contributed by atoms with Gasteiger partial charge in [0, 0.05) is 11.4 Å². The fourth-order valence-electron chi connectivity index (χ4n) is 4.02. The number of carboxylic acid groups (broad SMARTS) is 1. The molecule has 24 heavy (non-hydrogen) atoms. The molecule has 128 valence electrons. The van der Waals surface area contributed by atoms with Crippen LogP contribution in [0.5, 0.6) is 0 Å². The van der Waals surface area contributed by atoms with E-state index in [9.17, 15) is 9.90 Å². The van der Waals surface area contributed by atoms with Gasteiger partial charge in [-0.05, 0) is 25.3 Å². The normalized spacial score (nSPS) is 18.2. The van der Waals surface area contributed by atoms with Gasteiger partial charge < -0.3 is 16.2 Å². The van der Waals surface area contributed by atoms with Gasteiger partial charge in [-0.1, -0.05) is 44.4 Å². The Morgan fingerprint density at radius 3 is 2.71 bits per heavy atom. The molecule has 3 rings (SSSR count). The van der Waals surface area contributed by atoms with Gasteiger partial charge in [0.2, 0.25) is 0 Å². The maximum atomic E-state index is 12.1. The lowest BCUT2D eigenvalue weighted by Gasteiger charge is -2.40. The molecule has 0 aliphatic heterocycles. The highest BCUT2D eigenvalue weighted by molar-refractivity contribution is 5.97. The quantitative estimate of drug-likeness (QED) is 0.771. The number of rotatable bonds is 5. The molecular formula is C19H25N3O2. The van der Waals surface area contributed by atoms with Gasteiger partial charge in [-0.3, -0.25) is 9.78 Å². The molecule has 1 aromatic carbocycles. The maximum Gasteiger partial charge on any atom is 0.311 e. The first-order valence-electron chi connectivity index (χ1n) is 8.71. The number of nitrogens with two attached hydrogens (primary N) is 1. The highest BCUT2D eigenvalue weighted by Gasteiger charge is 2.46. The number of aliphatic carboxylic acids is 1. The third-order valence-electron chi connectivity index (χ3n) is 5.37. The monoisotopic (exact) mass is 327 g/mol. The molecule has 0 amide bonds. The van der Waals surface area contributed by atoms with Crippen LogP contribution >= 0.6 is 0 Å². The Labute approximate surface area is 142 Å². The molecule has 1 unspecified atom stereocenters. The van der Waals surface area contributed by atoms with Crippen LogP contribution in [0, 0.1) is 5.41 Å². The number of pyridine rings is 1. The molecule has 1 fully saturated rings. The van der Waals surface area contributed by atoms with Crippen molar-refractivity contribution in [3.05, 3.63) is 30.5 Å². The predicted octanol–water partition coefficient (Wildman–Crippen LogP) is 4.04. The molecule has 1 aromatic heterocycles. The summed E-state index contributed by atoms with van der Waals surface area (Å²) in [6, 6.07) is 7.65. The summed E-state index contributed by atoms with van der Waals surface area (Å²) >= 11 is 0. The van der Waals surface area contributed by atoms with Crippen LogP contribution in [0.3, 0.4) is 0 Å². The Kier molecular flexibility index (Phi) is 4.60. The van der Waals surface area contributed by atoms with Gasteiger partial charge in [0.25, 0.3) is 0 Å². The number of benzene rings is 1. The highest BCUT2D eigenvalue weighted by atomic mass is 16.4. The summed E-state index contributed by atoms with van der Waals surface area (Å²) in [6.45, 7) is 2.04. The smallest absolute Gasteiger partial charge is 0.311 e. The standard InChI is InChI=1S/C19H25N3O2/c1-2-16(19(18(23)24)10-6-3-7-11-19)22-17-13-8-4-5-9-15(13)21-12-14(17)20/h4-5,8-9,12,16H,2-3,6-7,10-11,20H2,1H3,(H,21,22)(H,23,24). The van der Waals surface area contributed by atoms with Crippen molar-refractivity contribution < 1.29 is 9.90 Å². The van der Waals surface area contributed by atoms with E-state index in [1.807, 2.05) is 31.2 Å². The molecule has 4 N–H and O–H groups in total. The van der Waals surface area contributed by atoms with Crippen molar-refractivity contribution in [2.24, 2.45) is 5.41 Å². The average Bonchev–Trinajstić information content (AvgIpc) is 2.61. The molecule has 5 nitrogen and oxygen atoms in total. The van der Waals surface area contributed by atoms with Crippen molar-refractivity contribution in [1.82, 2.24) is 4.98 Å². The van der Waals surface area contributed by atoms with Gasteiger partial charge in [0.1, 0.15) is 0 Å². The van der Waals surface area contributed by atoms with Crippen molar-refractivity contribution in [2.75, 3.05) is 11.1 Å². The Balaban J connectivity index is 2.01. The molecular weight excluding hydrogens is 302 g/mol. The SMILES string of the molecule is CCC(Nc1c(N)cnc2ccccc12)C1(C(=O)O)CCCCC1. The number of para-hydroxylation sites is 1. The first kappa shape index (κ1) is 16.6. The van der Waals surface area contributed by atoms with E-state index in [1.165, 1.54) is 0 Å². The Hall–Kier alpha value is -2.30. The molecule has 0 saturated heterocycles. The van der Waals surface area contributed by atoms with Crippen LogP contribution in [0.2, 0.25) is 0 Å². The number of nitrogens with zero attached hydrogens (tertiary/aromatic N) is 1. The first-order chi connectivity index (χ1) is 11.6. The van der Waals surface area contributed by atoms with Crippen LogP contribution < -0.4 is 11.1 Å². The van der Waals surface area contributed by atoms with Gasteiger partial charge in [-0.15, -0.1) is 0 Å². The van der Waals surface area contributed by atoms with E-state index in [-0.39, 0.29) is 6.04 Å². The molecule has 1 heterocycles. The topological polar surface area (TPSA) is 88.2 Å². The minimum atomic E-state index is -0.718. The van der Waals surface area contributed by atoms with Crippen LogP contribution in [0.4, 0.5) is 11.4 Å². The lowest BCUT2D eigenvalue weighted by Crippen LogP contribution is -2.47. The van der Waals surface area contributed by atoms with Gasteiger partial charge >= 0.3 is 5.97 Å². The summed E-state index contributed by atoms with van der Waals surface area (Å²) in [4.78, 5) is 16.5. The first-order valence-corrected chi connectivity index (χ1v) is 8.71. The Morgan fingerprint density at radius 2 is 2.04 bits per heavy atom. The number of nitrogens with one attached hydrogen (secondary N) is 1. The molecule has 2 aromatic rings. The molecule has 0 radical (unpaired) electrons. The number of hydrogen-bond acceptors (Lipinski definition) is 4. The summed E-state index contributed by atoms with van der Waals surface area (Å²) < 4.78 is 0. The molecule has 1 aliphatic rings. The second-order valence-electron chi connectivity index (χ2n) is 6.73. The minimum absolute atomic E-state index is 0.150. The summed E-state index contributed by atoms with van der Waals surface area (Å²) in [5.41, 5.74) is 7.67. The highest BCUT2D eigenvalue weighted by Crippen LogP contribution is 2.43. The summed E-state index contributed by atoms with van der Waals surface area (Å²) in [7, 11) is 0. The second kappa shape index (κ2) is 6.67. The fourth-order valence-corrected chi connectivity index (χ4v) is 4.02. The van der Waals surface area contributed by atoms with E-state index in [0.29, 0.717) is 5.69 Å². The van der Waals surface area contributed by atoms with Crippen molar-refractivity contribution in [2.45, 2.75) is 51.5 Å². The van der Waals surface area contributed by atoms with Crippen LogP contribution in [-0.2, 0) is 4.79 Å². The van der Waals surface area contributed by atoms with Crippen LogP contribution in [0.25, 0.3) is 10.9 Å². The predicted molar refractivity (Wildman–Crippen MR) is 97.0 cm³/mol. The Morgan fingerprint density at radius 1 is 1.33 bits per heavy atom. The maximum absolute atomic E-state index is 12.1.